The van der Waals surface area contributed by atoms with Gasteiger partial charge in [0.1, 0.15) is 5.82 Å². The van der Waals surface area contributed by atoms with Crippen molar-refractivity contribution in [3.05, 3.63) is 34.1 Å². The number of ether oxygens (including phenoxy) is 1. The third-order valence-electron chi connectivity index (χ3n) is 4.88. The zero-order valence-electron chi connectivity index (χ0n) is 13.6. The average Bonchev–Trinajstić information content (AvgIpc) is 3.24. The van der Waals surface area contributed by atoms with E-state index in [0.717, 1.165) is 19.3 Å². The van der Waals surface area contributed by atoms with Crippen LogP contribution in [0.25, 0.3) is 11.0 Å². The van der Waals surface area contributed by atoms with Gasteiger partial charge in [0.25, 0.3) is 5.69 Å². The molecule has 1 aromatic heterocycles. The second-order valence-corrected chi connectivity index (χ2v) is 6.40. The highest BCUT2D eigenvalue weighted by Crippen LogP contribution is 2.29. The summed E-state index contributed by atoms with van der Waals surface area (Å²) in [6.07, 6.45) is 3.23. The lowest BCUT2D eigenvalue weighted by molar-refractivity contribution is -0.384. The summed E-state index contributed by atoms with van der Waals surface area (Å²) in [4.78, 5) is 32.1. The van der Waals surface area contributed by atoms with E-state index < -0.39 is 4.92 Å². The summed E-state index contributed by atoms with van der Waals surface area (Å²) in [7, 11) is 0. The van der Waals surface area contributed by atoms with Gasteiger partial charge in [0.15, 0.2) is 0 Å². The van der Waals surface area contributed by atoms with Crippen molar-refractivity contribution < 1.29 is 14.5 Å². The molecule has 0 radical (unpaired) electrons. The maximum atomic E-state index is 12.5. The van der Waals surface area contributed by atoms with E-state index in [4.69, 9.17) is 4.74 Å². The number of urea groups is 1. The predicted molar refractivity (Wildman–Crippen MR) is 89.1 cm³/mol. The SMILES string of the molecule is O=C(NCc1nc2ccc([N+](=O)[O-])cc2[nH]1)N1CCO[C@H]2CCC[C@H]21. The third kappa shape index (κ3) is 3.02. The number of nitro benzene ring substituents is 1. The minimum Gasteiger partial charge on any atom is -0.374 e. The van der Waals surface area contributed by atoms with Gasteiger partial charge in [-0.25, -0.2) is 9.78 Å². The number of aromatic nitrogens is 2. The number of non-ortho nitro benzene ring substituents is 1. The Kier molecular flexibility index (Phi) is 4.00. The van der Waals surface area contributed by atoms with Gasteiger partial charge in [0.2, 0.25) is 0 Å². The number of fused-ring (bicyclic) bond motifs is 2. The van der Waals surface area contributed by atoms with Crippen molar-refractivity contribution in [3.8, 4) is 0 Å². The number of carbonyl (C=O) groups is 1. The Bertz CT molecular complexity index is 820. The van der Waals surface area contributed by atoms with Gasteiger partial charge in [-0.1, -0.05) is 0 Å². The second-order valence-electron chi connectivity index (χ2n) is 6.40. The Morgan fingerprint density at radius 2 is 2.36 bits per heavy atom. The fraction of sp³-hybridized carbons (Fsp3) is 0.500. The lowest BCUT2D eigenvalue weighted by Gasteiger charge is -2.37. The highest BCUT2D eigenvalue weighted by atomic mass is 16.6. The summed E-state index contributed by atoms with van der Waals surface area (Å²) in [6.45, 7) is 1.41. The minimum absolute atomic E-state index is 0.00678. The van der Waals surface area contributed by atoms with Crippen LogP contribution in [-0.2, 0) is 11.3 Å². The summed E-state index contributed by atoms with van der Waals surface area (Å²) in [5, 5.41) is 13.7. The first-order chi connectivity index (χ1) is 12.1. The second kappa shape index (κ2) is 6.32. The molecule has 0 spiro atoms. The summed E-state index contributed by atoms with van der Waals surface area (Å²) in [5.41, 5.74) is 1.23. The van der Waals surface area contributed by atoms with E-state index in [1.165, 1.54) is 12.1 Å². The third-order valence-corrected chi connectivity index (χ3v) is 4.88. The van der Waals surface area contributed by atoms with Gasteiger partial charge in [-0.2, -0.15) is 0 Å². The molecule has 1 aliphatic heterocycles. The Morgan fingerprint density at radius 3 is 3.20 bits per heavy atom. The van der Waals surface area contributed by atoms with Gasteiger partial charge in [-0.3, -0.25) is 10.1 Å². The van der Waals surface area contributed by atoms with Crippen LogP contribution in [0.15, 0.2) is 18.2 Å². The van der Waals surface area contributed by atoms with Crippen LogP contribution < -0.4 is 5.32 Å². The molecule has 2 amide bonds. The van der Waals surface area contributed by atoms with Crippen LogP contribution in [0.1, 0.15) is 25.1 Å². The molecule has 0 bridgehead atoms. The number of hydrogen-bond donors (Lipinski definition) is 2. The number of amides is 2. The van der Waals surface area contributed by atoms with E-state index in [-0.39, 0.29) is 30.4 Å². The predicted octanol–water partition coefficient (Wildman–Crippen LogP) is 1.93. The van der Waals surface area contributed by atoms with Crippen molar-refractivity contribution in [2.24, 2.45) is 0 Å². The summed E-state index contributed by atoms with van der Waals surface area (Å²) >= 11 is 0. The largest absolute Gasteiger partial charge is 0.374 e. The van der Waals surface area contributed by atoms with Crippen LogP contribution in [0, 0.1) is 10.1 Å². The molecular formula is C16H19N5O4. The average molecular weight is 345 g/mol. The summed E-state index contributed by atoms with van der Waals surface area (Å²) in [5.74, 6) is 0.570. The van der Waals surface area contributed by atoms with Gasteiger partial charge in [-0.05, 0) is 25.3 Å². The normalized spacial score (nSPS) is 22.8. The minimum atomic E-state index is -0.446. The Morgan fingerprint density at radius 1 is 1.48 bits per heavy atom. The lowest BCUT2D eigenvalue weighted by Crippen LogP contribution is -2.54. The van der Waals surface area contributed by atoms with Crippen LogP contribution >= 0.6 is 0 Å². The van der Waals surface area contributed by atoms with Crippen LogP contribution in [0.4, 0.5) is 10.5 Å². The van der Waals surface area contributed by atoms with E-state index in [2.05, 4.69) is 15.3 Å². The highest BCUT2D eigenvalue weighted by Gasteiger charge is 2.38. The van der Waals surface area contributed by atoms with Gasteiger partial charge in [0, 0.05) is 18.7 Å². The quantitative estimate of drug-likeness (QED) is 0.652. The van der Waals surface area contributed by atoms with E-state index in [0.29, 0.717) is 30.0 Å². The fourth-order valence-electron chi connectivity index (χ4n) is 3.69. The molecule has 1 saturated heterocycles. The Hall–Kier alpha value is -2.68. The van der Waals surface area contributed by atoms with Crippen molar-refractivity contribution in [3.63, 3.8) is 0 Å². The van der Waals surface area contributed by atoms with E-state index in [9.17, 15) is 14.9 Å². The molecule has 2 N–H and O–H groups in total. The van der Waals surface area contributed by atoms with Crippen LogP contribution in [0.5, 0.6) is 0 Å². The van der Waals surface area contributed by atoms with Crippen molar-refractivity contribution >= 4 is 22.8 Å². The molecular weight excluding hydrogens is 326 g/mol. The fourth-order valence-corrected chi connectivity index (χ4v) is 3.69. The number of benzene rings is 1. The molecule has 2 atom stereocenters. The molecule has 2 aromatic rings. The molecule has 9 nitrogen and oxygen atoms in total. The molecule has 1 saturated carbocycles. The van der Waals surface area contributed by atoms with Crippen molar-refractivity contribution in [2.45, 2.75) is 38.0 Å². The highest BCUT2D eigenvalue weighted by molar-refractivity contribution is 5.78. The van der Waals surface area contributed by atoms with Gasteiger partial charge in [0.05, 0.1) is 41.3 Å². The van der Waals surface area contributed by atoms with Crippen molar-refractivity contribution in [1.29, 1.82) is 0 Å². The topological polar surface area (TPSA) is 113 Å². The zero-order valence-corrected chi connectivity index (χ0v) is 13.6. The number of nitro groups is 1. The number of rotatable bonds is 3. The number of imidazole rings is 1. The number of H-pyrrole nitrogens is 1. The number of nitrogens with zero attached hydrogens (tertiary/aromatic N) is 3. The number of nitrogens with one attached hydrogen (secondary N) is 2. The van der Waals surface area contributed by atoms with Crippen molar-refractivity contribution in [1.82, 2.24) is 20.2 Å². The van der Waals surface area contributed by atoms with Crippen molar-refractivity contribution in [2.75, 3.05) is 13.2 Å². The zero-order chi connectivity index (χ0) is 17.4. The first-order valence-electron chi connectivity index (χ1n) is 8.41. The van der Waals surface area contributed by atoms with Gasteiger partial charge < -0.3 is 19.9 Å². The first kappa shape index (κ1) is 15.8. The first-order valence-corrected chi connectivity index (χ1v) is 8.41. The number of aromatic amines is 1. The maximum Gasteiger partial charge on any atom is 0.318 e. The lowest BCUT2D eigenvalue weighted by atomic mass is 10.1. The molecule has 1 aromatic carbocycles. The number of hydrogen-bond acceptors (Lipinski definition) is 5. The number of carbonyl (C=O) groups excluding carboxylic acids is 1. The molecule has 1 aliphatic carbocycles. The van der Waals surface area contributed by atoms with Gasteiger partial charge in [-0.15, -0.1) is 0 Å². The summed E-state index contributed by atoms with van der Waals surface area (Å²) < 4.78 is 5.72. The molecule has 2 fully saturated rings. The molecule has 2 heterocycles. The molecule has 9 heteroatoms. The maximum absolute atomic E-state index is 12.5. The molecule has 2 aliphatic rings. The standard InChI is InChI=1S/C16H19N5O4/c22-16(20-6-7-25-14-3-1-2-13(14)20)17-9-15-18-11-5-4-10(21(23)24)8-12(11)19-15/h4-5,8,13-14H,1-3,6-7,9H2,(H,17,22)(H,18,19)/t13-,14+/m1/s1. The van der Waals surface area contributed by atoms with E-state index in [1.807, 2.05) is 4.90 Å². The van der Waals surface area contributed by atoms with Gasteiger partial charge >= 0.3 is 6.03 Å². The molecule has 0 unspecified atom stereocenters. The Labute approximate surface area is 143 Å². The van der Waals surface area contributed by atoms with Crippen LogP contribution in [0.3, 0.4) is 0 Å². The number of morpholine rings is 1. The summed E-state index contributed by atoms with van der Waals surface area (Å²) in [6, 6.07) is 4.50. The molecule has 4 rings (SSSR count). The monoisotopic (exact) mass is 345 g/mol. The smallest absolute Gasteiger partial charge is 0.318 e. The molecule has 132 valence electrons. The molecule has 25 heavy (non-hydrogen) atoms. The van der Waals surface area contributed by atoms with E-state index in [1.54, 1.807) is 6.07 Å². The van der Waals surface area contributed by atoms with Crippen LogP contribution in [-0.4, -0.2) is 51.1 Å². The van der Waals surface area contributed by atoms with E-state index >= 15 is 0 Å². The Balaban J connectivity index is 1.43. The van der Waals surface area contributed by atoms with Crippen LogP contribution in [0.2, 0.25) is 0 Å².